The fourth-order valence-electron chi connectivity index (χ4n) is 1.97. The molecule has 6 heteroatoms. The number of carbonyl (C=O) groups is 1. The molecule has 0 saturated carbocycles. The van der Waals surface area contributed by atoms with Gasteiger partial charge in [-0.1, -0.05) is 0 Å². The Balaban J connectivity index is 2.25. The highest BCUT2D eigenvalue weighted by molar-refractivity contribution is 5.87. The molecule has 3 rings (SSSR count). The topological polar surface area (TPSA) is 71.5 Å². The molecule has 0 saturated heterocycles. The molecule has 16 heavy (non-hydrogen) atoms. The Morgan fingerprint density at radius 3 is 3.00 bits per heavy atom. The average Bonchev–Trinajstić information content (AvgIpc) is 2.80. The summed E-state index contributed by atoms with van der Waals surface area (Å²) in [5.74, 6) is -1.01. The van der Waals surface area contributed by atoms with Gasteiger partial charge in [0.05, 0.1) is 12.2 Å². The van der Waals surface area contributed by atoms with Gasteiger partial charge < -0.3 is 14.4 Å². The SMILES string of the molecule is CN1Cc2c(C(=O)O)ncn2-c2cocc21. The van der Waals surface area contributed by atoms with Crippen LogP contribution in [0.15, 0.2) is 23.3 Å². The molecule has 0 unspecified atom stereocenters. The van der Waals surface area contributed by atoms with Gasteiger partial charge in [0.25, 0.3) is 0 Å². The fraction of sp³-hybridized carbons (Fsp3) is 0.200. The number of carboxylic acid groups (broad SMARTS) is 1. The van der Waals surface area contributed by atoms with Crippen LogP contribution in [0.5, 0.6) is 0 Å². The first-order valence-electron chi connectivity index (χ1n) is 4.75. The molecular formula is C10H9N3O3. The molecule has 0 atom stereocenters. The third-order valence-electron chi connectivity index (χ3n) is 2.75. The van der Waals surface area contributed by atoms with Crippen molar-refractivity contribution in [2.24, 2.45) is 0 Å². The summed E-state index contributed by atoms with van der Waals surface area (Å²) in [5.41, 5.74) is 2.52. The van der Waals surface area contributed by atoms with Crippen molar-refractivity contribution in [1.29, 1.82) is 0 Å². The van der Waals surface area contributed by atoms with Gasteiger partial charge in [-0.3, -0.25) is 4.57 Å². The van der Waals surface area contributed by atoms with E-state index in [0.29, 0.717) is 12.2 Å². The van der Waals surface area contributed by atoms with Gasteiger partial charge in [0.1, 0.15) is 30.2 Å². The molecule has 2 aromatic heterocycles. The molecule has 0 aliphatic carbocycles. The second-order valence-corrected chi connectivity index (χ2v) is 3.71. The third kappa shape index (κ3) is 1.01. The van der Waals surface area contributed by atoms with Gasteiger partial charge >= 0.3 is 5.97 Å². The summed E-state index contributed by atoms with van der Waals surface area (Å²) in [6, 6.07) is 0. The first kappa shape index (κ1) is 9.02. The van der Waals surface area contributed by atoms with Crippen LogP contribution in [-0.4, -0.2) is 27.7 Å². The zero-order chi connectivity index (χ0) is 11.3. The second kappa shape index (κ2) is 2.88. The predicted molar refractivity (Wildman–Crippen MR) is 54.9 cm³/mol. The number of carboxylic acids is 1. The van der Waals surface area contributed by atoms with Crippen molar-refractivity contribution in [1.82, 2.24) is 9.55 Å². The molecule has 3 heterocycles. The van der Waals surface area contributed by atoms with E-state index in [1.54, 1.807) is 17.1 Å². The van der Waals surface area contributed by atoms with E-state index in [9.17, 15) is 4.79 Å². The monoisotopic (exact) mass is 219 g/mol. The Morgan fingerprint density at radius 2 is 2.25 bits per heavy atom. The van der Waals surface area contributed by atoms with Crippen molar-refractivity contribution in [2.45, 2.75) is 6.54 Å². The molecule has 1 aliphatic heterocycles. The number of hydrogen-bond donors (Lipinski definition) is 1. The Morgan fingerprint density at radius 1 is 1.50 bits per heavy atom. The molecule has 0 amide bonds. The van der Waals surface area contributed by atoms with Crippen LogP contribution in [-0.2, 0) is 6.54 Å². The number of aromatic carboxylic acids is 1. The van der Waals surface area contributed by atoms with Crippen LogP contribution in [0.4, 0.5) is 5.69 Å². The van der Waals surface area contributed by atoms with Crippen LogP contribution < -0.4 is 4.90 Å². The normalized spacial score (nSPS) is 13.4. The van der Waals surface area contributed by atoms with Crippen LogP contribution in [0, 0.1) is 0 Å². The standard InChI is InChI=1S/C10H9N3O3/c1-12-2-6-9(10(14)15)11-5-13(6)8-4-16-3-7(8)12/h3-5H,2H2,1H3,(H,14,15). The number of furan rings is 1. The summed E-state index contributed by atoms with van der Waals surface area (Å²) in [5, 5.41) is 9.00. The Hall–Kier alpha value is -2.24. The lowest BCUT2D eigenvalue weighted by Crippen LogP contribution is -2.25. The summed E-state index contributed by atoms with van der Waals surface area (Å²) in [6.07, 6.45) is 4.74. The number of aromatic nitrogens is 2. The van der Waals surface area contributed by atoms with Crippen molar-refractivity contribution in [3.8, 4) is 5.69 Å². The maximum atomic E-state index is 11.0. The highest BCUT2D eigenvalue weighted by atomic mass is 16.4. The summed E-state index contributed by atoms with van der Waals surface area (Å²) >= 11 is 0. The molecule has 0 spiro atoms. The number of anilines is 1. The van der Waals surface area contributed by atoms with Gasteiger partial charge in [-0.05, 0) is 0 Å². The minimum Gasteiger partial charge on any atom is -0.476 e. The van der Waals surface area contributed by atoms with Crippen LogP contribution in [0.1, 0.15) is 16.2 Å². The number of imidazole rings is 1. The predicted octanol–water partition coefficient (Wildman–Crippen LogP) is 1.11. The van der Waals surface area contributed by atoms with E-state index >= 15 is 0 Å². The van der Waals surface area contributed by atoms with Crippen molar-refractivity contribution < 1.29 is 14.3 Å². The van der Waals surface area contributed by atoms with Gasteiger partial charge in [-0.15, -0.1) is 0 Å². The Labute approximate surface area is 90.7 Å². The van der Waals surface area contributed by atoms with Crippen LogP contribution in [0.25, 0.3) is 5.69 Å². The molecule has 1 aliphatic rings. The smallest absolute Gasteiger partial charge is 0.356 e. The minimum absolute atomic E-state index is 0.0960. The zero-order valence-corrected chi connectivity index (χ0v) is 8.54. The molecule has 0 aromatic carbocycles. The maximum Gasteiger partial charge on any atom is 0.356 e. The van der Waals surface area contributed by atoms with Gasteiger partial charge in [0, 0.05) is 7.05 Å². The van der Waals surface area contributed by atoms with E-state index in [2.05, 4.69) is 4.98 Å². The molecule has 0 fully saturated rings. The van der Waals surface area contributed by atoms with Gasteiger partial charge in [-0.2, -0.15) is 0 Å². The number of rotatable bonds is 1. The fourth-order valence-corrected chi connectivity index (χ4v) is 1.97. The first-order valence-corrected chi connectivity index (χ1v) is 4.75. The highest BCUT2D eigenvalue weighted by Crippen LogP contribution is 2.32. The largest absolute Gasteiger partial charge is 0.476 e. The molecule has 0 bridgehead atoms. The van der Waals surface area contributed by atoms with E-state index in [-0.39, 0.29) is 5.69 Å². The number of nitrogens with zero attached hydrogens (tertiary/aromatic N) is 3. The van der Waals surface area contributed by atoms with Crippen molar-refractivity contribution in [2.75, 3.05) is 11.9 Å². The summed E-state index contributed by atoms with van der Waals surface area (Å²) in [4.78, 5) is 16.8. The molecule has 6 nitrogen and oxygen atoms in total. The van der Waals surface area contributed by atoms with Crippen LogP contribution >= 0.6 is 0 Å². The van der Waals surface area contributed by atoms with Gasteiger partial charge in [0.2, 0.25) is 0 Å². The van der Waals surface area contributed by atoms with Crippen molar-refractivity contribution in [3.05, 3.63) is 30.2 Å². The van der Waals surface area contributed by atoms with E-state index < -0.39 is 5.97 Å². The Bertz CT molecular complexity index is 570. The van der Waals surface area contributed by atoms with E-state index in [1.807, 2.05) is 11.9 Å². The molecule has 0 radical (unpaired) electrons. The Kier molecular flexibility index (Phi) is 1.62. The number of hydrogen-bond acceptors (Lipinski definition) is 4. The lowest BCUT2D eigenvalue weighted by molar-refractivity contribution is 0.0689. The maximum absolute atomic E-state index is 11.0. The lowest BCUT2D eigenvalue weighted by Gasteiger charge is -2.25. The quantitative estimate of drug-likeness (QED) is 0.777. The molecule has 2 aromatic rings. The van der Waals surface area contributed by atoms with Crippen LogP contribution in [0.2, 0.25) is 0 Å². The van der Waals surface area contributed by atoms with E-state index in [0.717, 1.165) is 11.4 Å². The lowest BCUT2D eigenvalue weighted by atomic mass is 10.2. The van der Waals surface area contributed by atoms with E-state index in [1.165, 1.54) is 6.33 Å². The summed E-state index contributed by atoms with van der Waals surface area (Å²) in [7, 11) is 1.89. The first-order chi connectivity index (χ1) is 7.68. The second-order valence-electron chi connectivity index (χ2n) is 3.71. The molecule has 1 N–H and O–H groups in total. The van der Waals surface area contributed by atoms with Crippen molar-refractivity contribution in [3.63, 3.8) is 0 Å². The van der Waals surface area contributed by atoms with Gasteiger partial charge in [-0.25, -0.2) is 9.78 Å². The third-order valence-corrected chi connectivity index (χ3v) is 2.75. The zero-order valence-electron chi connectivity index (χ0n) is 8.54. The minimum atomic E-state index is -1.01. The average molecular weight is 219 g/mol. The summed E-state index contributed by atoms with van der Waals surface area (Å²) < 4.78 is 6.88. The number of fused-ring (bicyclic) bond motifs is 3. The molecule has 82 valence electrons. The van der Waals surface area contributed by atoms with E-state index in [4.69, 9.17) is 9.52 Å². The highest BCUT2D eigenvalue weighted by Gasteiger charge is 2.26. The van der Waals surface area contributed by atoms with Crippen molar-refractivity contribution >= 4 is 11.7 Å². The van der Waals surface area contributed by atoms with Crippen LogP contribution in [0.3, 0.4) is 0 Å². The molecular weight excluding hydrogens is 210 g/mol. The summed E-state index contributed by atoms with van der Waals surface area (Å²) in [6.45, 7) is 0.508. The van der Waals surface area contributed by atoms with Gasteiger partial charge in [0.15, 0.2) is 5.69 Å².